The fourth-order valence-corrected chi connectivity index (χ4v) is 5.77. The van der Waals surface area contributed by atoms with E-state index in [0.717, 1.165) is 62.2 Å². The number of ether oxygens (including phenoxy) is 1. The number of anilines is 1. The highest BCUT2D eigenvalue weighted by Crippen LogP contribution is 2.32. The van der Waals surface area contributed by atoms with Gasteiger partial charge in [0.15, 0.2) is 0 Å². The van der Waals surface area contributed by atoms with Crippen molar-refractivity contribution < 1.29 is 9.53 Å². The lowest BCUT2D eigenvalue weighted by Crippen LogP contribution is -2.42. The van der Waals surface area contributed by atoms with E-state index < -0.39 is 0 Å². The number of rotatable bonds is 10. The van der Waals surface area contributed by atoms with Crippen LogP contribution in [0.2, 0.25) is 0 Å². The van der Waals surface area contributed by atoms with Gasteiger partial charge in [-0.2, -0.15) is 0 Å². The Morgan fingerprint density at radius 1 is 1.10 bits per heavy atom. The number of benzene rings is 2. The molecule has 0 unspecified atom stereocenters. The number of hydrogen-bond donors (Lipinski definition) is 2. The van der Waals surface area contributed by atoms with Crippen LogP contribution >= 0.6 is 0 Å². The van der Waals surface area contributed by atoms with Crippen LogP contribution in [0.1, 0.15) is 42.9 Å². The number of aromatic nitrogens is 2. The molecule has 7 nitrogen and oxygen atoms in total. The molecular formula is C32H39N5O2. The number of nitrogens with two attached hydrogens (primary N) is 2. The van der Waals surface area contributed by atoms with E-state index in [-0.39, 0.29) is 11.9 Å². The lowest BCUT2D eigenvalue weighted by molar-refractivity contribution is -0.132. The maximum Gasteiger partial charge on any atom is 0.224 e. The second-order valence-corrected chi connectivity index (χ2v) is 10.6. The highest BCUT2D eigenvalue weighted by molar-refractivity contribution is 5.82. The first-order valence-electron chi connectivity index (χ1n) is 13.9. The summed E-state index contributed by atoms with van der Waals surface area (Å²) < 4.78 is 7.74. The average Bonchev–Trinajstić information content (AvgIpc) is 3.33. The quantitative estimate of drug-likeness (QED) is 0.284. The van der Waals surface area contributed by atoms with E-state index in [9.17, 15) is 4.79 Å². The number of carbonyl (C=O) groups excluding carboxylic acids is 1. The van der Waals surface area contributed by atoms with Gasteiger partial charge in [-0.3, -0.25) is 4.79 Å². The molecule has 1 saturated heterocycles. The second-order valence-electron chi connectivity index (χ2n) is 10.6. The molecule has 3 heterocycles. The Bertz CT molecular complexity index is 1380. The maximum atomic E-state index is 13.3. The molecule has 1 fully saturated rings. The summed E-state index contributed by atoms with van der Waals surface area (Å²) in [5.41, 5.74) is 18.0. The first-order valence-corrected chi connectivity index (χ1v) is 13.9. The molecule has 2 atom stereocenters. The van der Waals surface area contributed by atoms with Crippen LogP contribution in [-0.2, 0) is 22.5 Å². The third-order valence-electron chi connectivity index (χ3n) is 7.77. The predicted molar refractivity (Wildman–Crippen MR) is 157 cm³/mol. The first kappa shape index (κ1) is 26.9. The van der Waals surface area contributed by atoms with Gasteiger partial charge in [0, 0.05) is 74.7 Å². The number of pyridine rings is 1. The Hall–Kier alpha value is -3.68. The van der Waals surface area contributed by atoms with Crippen molar-refractivity contribution in [2.45, 2.75) is 50.6 Å². The number of likely N-dealkylation sites (tertiary alicyclic amines) is 1. The van der Waals surface area contributed by atoms with Gasteiger partial charge in [-0.1, -0.05) is 42.5 Å². The Kier molecular flexibility index (Phi) is 8.59. The van der Waals surface area contributed by atoms with Gasteiger partial charge >= 0.3 is 0 Å². The minimum atomic E-state index is -0.220. The molecule has 4 aromatic rings. The number of hydrogen-bond acceptors (Lipinski definition) is 5. The first-order chi connectivity index (χ1) is 19.0. The van der Waals surface area contributed by atoms with E-state index in [2.05, 4.69) is 64.1 Å². The lowest BCUT2D eigenvalue weighted by Gasteiger charge is -2.34. The molecule has 2 aromatic heterocycles. The summed E-state index contributed by atoms with van der Waals surface area (Å²) in [6, 6.07) is 22.7. The van der Waals surface area contributed by atoms with Crippen LogP contribution in [0.3, 0.4) is 0 Å². The van der Waals surface area contributed by atoms with Crippen LogP contribution in [0, 0.1) is 0 Å². The van der Waals surface area contributed by atoms with Crippen LogP contribution in [0.4, 0.5) is 5.82 Å². The van der Waals surface area contributed by atoms with Crippen molar-refractivity contribution in [3.8, 4) is 11.1 Å². The molecule has 5 rings (SSSR count). The van der Waals surface area contributed by atoms with Crippen LogP contribution in [0.5, 0.6) is 0 Å². The van der Waals surface area contributed by atoms with Crippen molar-refractivity contribution in [3.63, 3.8) is 0 Å². The Morgan fingerprint density at radius 2 is 1.90 bits per heavy atom. The molecule has 0 radical (unpaired) electrons. The van der Waals surface area contributed by atoms with Crippen LogP contribution < -0.4 is 11.5 Å². The van der Waals surface area contributed by atoms with Gasteiger partial charge in [-0.25, -0.2) is 4.98 Å². The molecule has 2 aromatic carbocycles. The zero-order valence-electron chi connectivity index (χ0n) is 22.8. The predicted octanol–water partition coefficient (Wildman–Crippen LogP) is 4.99. The highest BCUT2D eigenvalue weighted by atomic mass is 16.5. The number of nitrogens with zero attached hydrogens (tertiary/aromatic N) is 3. The largest absolute Gasteiger partial charge is 0.385 e. The van der Waals surface area contributed by atoms with Crippen molar-refractivity contribution in [2.24, 2.45) is 5.73 Å². The van der Waals surface area contributed by atoms with E-state index in [1.54, 1.807) is 19.4 Å². The second kappa shape index (κ2) is 12.5. The fraction of sp³-hybridized carbons (Fsp3) is 0.375. The summed E-state index contributed by atoms with van der Waals surface area (Å²) in [4.78, 5) is 19.5. The minimum Gasteiger partial charge on any atom is -0.385 e. The smallest absolute Gasteiger partial charge is 0.224 e. The van der Waals surface area contributed by atoms with Crippen molar-refractivity contribution >= 4 is 22.6 Å². The number of carbonyl (C=O) groups is 1. The molecule has 7 heteroatoms. The third kappa shape index (κ3) is 6.49. The molecule has 1 aliphatic heterocycles. The number of methoxy groups -OCH3 is 1. The maximum absolute atomic E-state index is 13.3. The van der Waals surface area contributed by atoms with Crippen molar-refractivity contribution in [2.75, 3.05) is 32.5 Å². The molecule has 0 bridgehead atoms. The lowest BCUT2D eigenvalue weighted by atomic mass is 9.93. The summed E-state index contributed by atoms with van der Waals surface area (Å²) in [7, 11) is 1.75. The summed E-state index contributed by atoms with van der Waals surface area (Å²) in [5.74, 6) is 0.985. The zero-order valence-corrected chi connectivity index (χ0v) is 22.8. The van der Waals surface area contributed by atoms with Crippen LogP contribution in [0.15, 0.2) is 72.9 Å². The monoisotopic (exact) mass is 525 g/mol. The number of fused-ring (bicyclic) bond motifs is 1. The van der Waals surface area contributed by atoms with E-state index in [1.165, 1.54) is 16.6 Å². The normalized spacial score (nSPS) is 16.5. The van der Waals surface area contributed by atoms with Gasteiger partial charge in [-0.05, 0) is 66.5 Å². The topological polar surface area (TPSA) is 99.4 Å². The average molecular weight is 526 g/mol. The molecule has 1 aliphatic rings. The summed E-state index contributed by atoms with van der Waals surface area (Å²) in [6.07, 6.45) is 5.85. The fourth-order valence-electron chi connectivity index (χ4n) is 5.77. The molecule has 204 valence electrons. The SMILES string of the molecule is COCCCn1c([C@H]2CCCN(C(=O)C[C@H](N)Cc3ccc(-c4ccc(N)nc4)cc3)C2)cc2ccccc21. The van der Waals surface area contributed by atoms with Gasteiger partial charge in [0.2, 0.25) is 5.91 Å². The van der Waals surface area contributed by atoms with E-state index in [1.807, 2.05) is 11.0 Å². The van der Waals surface area contributed by atoms with Crippen molar-refractivity contribution in [3.05, 3.63) is 84.2 Å². The Balaban J connectivity index is 1.21. The summed E-state index contributed by atoms with van der Waals surface area (Å²) >= 11 is 0. The summed E-state index contributed by atoms with van der Waals surface area (Å²) in [6.45, 7) is 3.20. The zero-order chi connectivity index (χ0) is 27.2. The highest BCUT2D eigenvalue weighted by Gasteiger charge is 2.28. The van der Waals surface area contributed by atoms with E-state index in [4.69, 9.17) is 16.2 Å². The molecule has 1 amide bonds. The molecule has 0 aliphatic carbocycles. The van der Waals surface area contributed by atoms with E-state index in [0.29, 0.717) is 24.6 Å². The minimum absolute atomic E-state index is 0.152. The standard InChI is InChI=1S/C32H39N5O2/c1-39-17-5-16-37-29-8-3-2-6-25(29)19-30(37)27-7-4-15-36(22-27)32(38)20-28(33)18-23-9-11-24(12-10-23)26-13-14-31(34)35-21-26/h2-3,6,8-14,19,21,27-28H,4-5,7,15-18,20,22,33H2,1H3,(H2,34,35)/t27-,28+/m0/s1. The van der Waals surface area contributed by atoms with Crippen LogP contribution in [0.25, 0.3) is 22.0 Å². The van der Waals surface area contributed by atoms with Gasteiger partial charge < -0.3 is 25.7 Å². The molecular weight excluding hydrogens is 486 g/mol. The van der Waals surface area contributed by atoms with Crippen molar-refractivity contribution in [1.82, 2.24) is 14.5 Å². The number of nitrogen functional groups attached to an aromatic ring is 1. The number of amides is 1. The van der Waals surface area contributed by atoms with Crippen LogP contribution in [-0.4, -0.2) is 53.2 Å². The van der Waals surface area contributed by atoms with E-state index >= 15 is 0 Å². The van der Waals surface area contributed by atoms with Gasteiger partial charge in [0.1, 0.15) is 5.82 Å². The third-order valence-corrected chi connectivity index (χ3v) is 7.77. The molecule has 39 heavy (non-hydrogen) atoms. The molecule has 0 spiro atoms. The number of aryl methyl sites for hydroxylation is 1. The molecule has 4 N–H and O–H groups in total. The van der Waals surface area contributed by atoms with Gasteiger partial charge in [0.25, 0.3) is 0 Å². The van der Waals surface area contributed by atoms with Crippen molar-refractivity contribution in [1.29, 1.82) is 0 Å². The summed E-state index contributed by atoms with van der Waals surface area (Å²) in [5, 5.41) is 1.26. The van der Waals surface area contributed by atoms with Gasteiger partial charge in [0.05, 0.1) is 0 Å². The molecule has 0 saturated carbocycles. The number of piperidine rings is 1. The Morgan fingerprint density at radius 3 is 2.67 bits per heavy atom. The van der Waals surface area contributed by atoms with Gasteiger partial charge in [-0.15, -0.1) is 0 Å². The Labute approximate surface area is 230 Å². The number of para-hydroxylation sites is 1.